The molecule has 2 atom stereocenters. The number of methoxy groups -OCH3 is 1. The van der Waals surface area contributed by atoms with Gasteiger partial charge in [-0.2, -0.15) is 0 Å². The number of rotatable bonds is 4. The van der Waals surface area contributed by atoms with E-state index in [0.717, 1.165) is 16.9 Å². The van der Waals surface area contributed by atoms with Crippen LogP contribution in [0.4, 0.5) is 0 Å². The van der Waals surface area contributed by atoms with Crippen molar-refractivity contribution in [3.05, 3.63) is 21.9 Å². The van der Waals surface area contributed by atoms with E-state index in [0.29, 0.717) is 32.8 Å². The molecule has 134 valence electrons. The van der Waals surface area contributed by atoms with Crippen LogP contribution in [-0.2, 0) is 14.8 Å². The molecule has 0 spiro atoms. The molecule has 0 aliphatic carbocycles. The van der Waals surface area contributed by atoms with Crippen molar-refractivity contribution >= 4 is 27.3 Å². The van der Waals surface area contributed by atoms with Crippen LogP contribution < -0.4 is 0 Å². The number of carbonyl (C=O) groups is 1. The number of ether oxygens (including phenoxy) is 1. The minimum atomic E-state index is -3.23. The maximum atomic E-state index is 12.8. The topological polar surface area (TPSA) is 66.9 Å². The highest BCUT2D eigenvalue weighted by Gasteiger charge is 2.52. The first-order valence-corrected chi connectivity index (χ1v) is 10.8. The second-order valence-electron chi connectivity index (χ2n) is 6.98. The Bertz CT molecular complexity index is 730. The lowest BCUT2D eigenvalue weighted by Crippen LogP contribution is -2.50. The van der Waals surface area contributed by atoms with Crippen LogP contribution in [0.1, 0.15) is 21.7 Å². The average molecular weight is 373 g/mol. The third kappa shape index (κ3) is 3.12. The summed E-state index contributed by atoms with van der Waals surface area (Å²) in [7, 11) is -1.57. The Morgan fingerprint density at radius 1 is 1.46 bits per heavy atom. The standard InChI is InChI=1S/C16H24N2O4S2/c1-12-4-7-23-14(12)15(19)17-6-5-16(11-22-2)10-18(24(3,20)21)9-13(16)8-17/h4,7,13H,5-6,8-11H2,1-3H3/t13-,16+/m1/s1. The third-order valence-corrected chi connectivity index (χ3v) is 7.57. The van der Waals surface area contributed by atoms with E-state index in [9.17, 15) is 13.2 Å². The van der Waals surface area contributed by atoms with Crippen LogP contribution in [-0.4, -0.2) is 69.7 Å². The molecule has 1 aromatic heterocycles. The van der Waals surface area contributed by atoms with Gasteiger partial charge in [-0.05, 0) is 36.3 Å². The fourth-order valence-electron chi connectivity index (χ4n) is 3.93. The Labute approximate surface area is 147 Å². The maximum absolute atomic E-state index is 12.8. The Balaban J connectivity index is 1.81. The number of amides is 1. The van der Waals surface area contributed by atoms with Gasteiger partial charge in [0.05, 0.1) is 17.7 Å². The fraction of sp³-hybridized carbons (Fsp3) is 0.688. The van der Waals surface area contributed by atoms with Gasteiger partial charge in [-0.3, -0.25) is 4.79 Å². The maximum Gasteiger partial charge on any atom is 0.264 e. The van der Waals surface area contributed by atoms with Crippen LogP contribution in [0, 0.1) is 18.3 Å². The minimum absolute atomic E-state index is 0.0614. The van der Waals surface area contributed by atoms with E-state index < -0.39 is 10.0 Å². The molecule has 1 amide bonds. The van der Waals surface area contributed by atoms with Gasteiger partial charge in [-0.25, -0.2) is 12.7 Å². The van der Waals surface area contributed by atoms with Gasteiger partial charge in [0, 0.05) is 38.7 Å². The minimum Gasteiger partial charge on any atom is -0.384 e. The van der Waals surface area contributed by atoms with Crippen LogP contribution in [0.25, 0.3) is 0 Å². The lowest BCUT2D eigenvalue weighted by Gasteiger charge is -2.43. The first-order valence-electron chi connectivity index (χ1n) is 8.04. The van der Waals surface area contributed by atoms with Gasteiger partial charge in [0.15, 0.2) is 0 Å². The van der Waals surface area contributed by atoms with Crippen molar-refractivity contribution in [1.29, 1.82) is 0 Å². The van der Waals surface area contributed by atoms with Crippen LogP contribution >= 0.6 is 11.3 Å². The molecule has 0 N–H and O–H groups in total. The summed E-state index contributed by atoms with van der Waals surface area (Å²) < 4.78 is 30.9. The Morgan fingerprint density at radius 2 is 2.21 bits per heavy atom. The lowest BCUT2D eigenvalue weighted by atomic mass is 9.73. The SMILES string of the molecule is COC[C@@]12CCN(C(=O)c3sccc3C)C[C@@H]1CN(S(C)(=O)=O)C2. The second kappa shape index (κ2) is 6.40. The predicted molar refractivity (Wildman–Crippen MR) is 93.8 cm³/mol. The number of hydrogen-bond donors (Lipinski definition) is 0. The molecular weight excluding hydrogens is 348 g/mol. The van der Waals surface area contributed by atoms with Crippen molar-refractivity contribution in [2.24, 2.45) is 11.3 Å². The quantitative estimate of drug-likeness (QED) is 0.802. The molecule has 0 aromatic carbocycles. The van der Waals surface area contributed by atoms with E-state index in [2.05, 4.69) is 0 Å². The zero-order chi connectivity index (χ0) is 17.5. The molecule has 2 aliphatic rings. The molecule has 0 unspecified atom stereocenters. The molecule has 6 nitrogen and oxygen atoms in total. The van der Waals surface area contributed by atoms with Crippen LogP contribution in [0.3, 0.4) is 0 Å². The van der Waals surface area contributed by atoms with Gasteiger partial charge < -0.3 is 9.64 Å². The summed E-state index contributed by atoms with van der Waals surface area (Å²) in [4.78, 5) is 15.4. The van der Waals surface area contributed by atoms with Crippen molar-refractivity contribution in [1.82, 2.24) is 9.21 Å². The Hall–Kier alpha value is -0.960. The van der Waals surface area contributed by atoms with E-state index in [1.54, 1.807) is 11.4 Å². The predicted octanol–water partition coefficient (Wildman–Crippen LogP) is 1.43. The molecule has 0 bridgehead atoms. The van der Waals surface area contributed by atoms with E-state index in [-0.39, 0.29) is 17.2 Å². The highest BCUT2D eigenvalue weighted by molar-refractivity contribution is 7.88. The number of likely N-dealkylation sites (tertiary alicyclic amines) is 1. The summed E-state index contributed by atoms with van der Waals surface area (Å²) in [5.74, 6) is 0.177. The van der Waals surface area contributed by atoms with Crippen molar-refractivity contribution in [2.45, 2.75) is 13.3 Å². The van der Waals surface area contributed by atoms with Crippen molar-refractivity contribution in [3.63, 3.8) is 0 Å². The van der Waals surface area contributed by atoms with E-state index >= 15 is 0 Å². The smallest absolute Gasteiger partial charge is 0.264 e. The molecule has 24 heavy (non-hydrogen) atoms. The molecule has 1 aromatic rings. The molecule has 3 rings (SSSR count). The second-order valence-corrected chi connectivity index (χ2v) is 9.88. The van der Waals surface area contributed by atoms with E-state index in [4.69, 9.17) is 4.74 Å². The van der Waals surface area contributed by atoms with Gasteiger partial charge in [0.1, 0.15) is 0 Å². The molecule has 0 radical (unpaired) electrons. The normalized spacial score (nSPS) is 28.1. The number of sulfonamides is 1. The summed E-state index contributed by atoms with van der Waals surface area (Å²) in [6.45, 7) is 4.67. The highest BCUT2D eigenvalue weighted by Crippen LogP contribution is 2.44. The Morgan fingerprint density at radius 3 is 2.79 bits per heavy atom. The first-order chi connectivity index (χ1) is 11.3. The zero-order valence-electron chi connectivity index (χ0n) is 14.3. The van der Waals surface area contributed by atoms with Crippen LogP contribution in [0.2, 0.25) is 0 Å². The monoisotopic (exact) mass is 372 g/mol. The number of carbonyl (C=O) groups excluding carboxylic acids is 1. The first kappa shape index (κ1) is 17.8. The average Bonchev–Trinajstić information content (AvgIpc) is 3.09. The van der Waals surface area contributed by atoms with Gasteiger partial charge in [0.2, 0.25) is 10.0 Å². The molecule has 2 saturated heterocycles. The summed E-state index contributed by atoms with van der Waals surface area (Å²) >= 11 is 1.47. The Kier molecular flexibility index (Phi) is 4.76. The number of fused-ring (bicyclic) bond motifs is 1. The van der Waals surface area contributed by atoms with Crippen LogP contribution in [0.5, 0.6) is 0 Å². The molecule has 0 saturated carbocycles. The van der Waals surface area contributed by atoms with E-state index in [1.165, 1.54) is 17.6 Å². The number of aryl methyl sites for hydroxylation is 1. The number of piperidine rings is 1. The molecule has 2 fully saturated rings. The summed E-state index contributed by atoms with van der Waals surface area (Å²) in [6.07, 6.45) is 2.02. The summed E-state index contributed by atoms with van der Waals surface area (Å²) in [5, 5.41) is 1.93. The van der Waals surface area contributed by atoms with Crippen molar-refractivity contribution < 1.29 is 17.9 Å². The molecule has 8 heteroatoms. The number of hydrogen-bond acceptors (Lipinski definition) is 5. The molecule has 3 heterocycles. The van der Waals surface area contributed by atoms with Gasteiger partial charge in [-0.1, -0.05) is 0 Å². The number of thiophene rings is 1. The van der Waals surface area contributed by atoms with Crippen molar-refractivity contribution in [2.75, 3.05) is 46.2 Å². The fourth-order valence-corrected chi connectivity index (χ4v) is 5.76. The van der Waals surface area contributed by atoms with Crippen molar-refractivity contribution in [3.8, 4) is 0 Å². The summed E-state index contributed by atoms with van der Waals surface area (Å²) in [5.41, 5.74) is 0.821. The van der Waals surface area contributed by atoms with Crippen LogP contribution in [0.15, 0.2) is 11.4 Å². The zero-order valence-corrected chi connectivity index (χ0v) is 16.0. The highest BCUT2D eigenvalue weighted by atomic mass is 32.2. The van der Waals surface area contributed by atoms with Gasteiger partial charge in [0.25, 0.3) is 5.91 Å². The largest absolute Gasteiger partial charge is 0.384 e. The molecular formula is C16H24N2O4S2. The number of nitrogens with zero attached hydrogens (tertiary/aromatic N) is 2. The lowest BCUT2D eigenvalue weighted by molar-refractivity contribution is 0.00357. The van der Waals surface area contributed by atoms with E-state index in [1.807, 2.05) is 23.3 Å². The molecule has 2 aliphatic heterocycles. The van der Waals surface area contributed by atoms with Gasteiger partial charge >= 0.3 is 0 Å². The summed E-state index contributed by atoms with van der Waals surface area (Å²) in [6, 6.07) is 1.96. The third-order valence-electron chi connectivity index (χ3n) is 5.35. The van der Waals surface area contributed by atoms with Gasteiger partial charge in [-0.15, -0.1) is 11.3 Å².